The maximum atomic E-state index is 13.3. The summed E-state index contributed by atoms with van der Waals surface area (Å²) in [5.41, 5.74) is 2.11. The first-order valence-electron chi connectivity index (χ1n) is 9.76. The van der Waals surface area contributed by atoms with Crippen LogP contribution < -0.4 is 10.6 Å². The molecule has 29 heavy (non-hydrogen) atoms. The van der Waals surface area contributed by atoms with Crippen LogP contribution in [0.15, 0.2) is 53.4 Å². The van der Waals surface area contributed by atoms with Crippen molar-refractivity contribution >= 4 is 33.2 Å². The lowest BCUT2D eigenvalue weighted by Gasteiger charge is -2.24. The molecule has 152 valence electrons. The highest BCUT2D eigenvalue weighted by atomic mass is 32.2. The minimum atomic E-state index is -3.82. The van der Waals surface area contributed by atoms with E-state index in [0.717, 1.165) is 5.56 Å². The molecular weight excluding hydrogens is 390 g/mol. The number of anilines is 2. The standard InChI is InChI=1S/C21H23N3O4S/c25-20-10-4-6-15-14-17(11-12-18(15)23-20)29(27,28)24-13-5-9-19(24)21(26)22-16-7-2-1-3-8-16/h1-3,7-8,11-12,14,19H,4-6,9-10,13H2,(H,22,26)(H,23,25). The van der Waals surface area contributed by atoms with Crippen molar-refractivity contribution in [2.45, 2.75) is 43.0 Å². The van der Waals surface area contributed by atoms with Gasteiger partial charge in [-0.25, -0.2) is 8.42 Å². The Kier molecular flexibility index (Phi) is 5.38. The first-order chi connectivity index (χ1) is 13.9. The maximum absolute atomic E-state index is 13.3. The van der Waals surface area contributed by atoms with E-state index in [9.17, 15) is 18.0 Å². The van der Waals surface area contributed by atoms with Crippen LogP contribution in [0.4, 0.5) is 11.4 Å². The van der Waals surface area contributed by atoms with Gasteiger partial charge in [-0.2, -0.15) is 4.31 Å². The summed E-state index contributed by atoms with van der Waals surface area (Å²) in [5, 5.41) is 5.62. The van der Waals surface area contributed by atoms with E-state index in [1.165, 1.54) is 10.4 Å². The fourth-order valence-corrected chi connectivity index (χ4v) is 5.59. The second kappa shape index (κ2) is 7.96. The minimum absolute atomic E-state index is 0.0588. The number of aryl methyl sites for hydroxylation is 1. The number of rotatable bonds is 4. The number of hydrogen-bond donors (Lipinski definition) is 2. The lowest BCUT2D eigenvalue weighted by atomic mass is 10.1. The number of benzene rings is 2. The summed E-state index contributed by atoms with van der Waals surface area (Å²) < 4.78 is 27.9. The maximum Gasteiger partial charge on any atom is 0.243 e. The Morgan fingerprint density at radius 3 is 2.66 bits per heavy atom. The Hall–Kier alpha value is -2.71. The molecule has 1 atom stereocenters. The Bertz CT molecular complexity index is 1040. The molecule has 2 aliphatic heterocycles. The molecule has 2 amide bonds. The van der Waals surface area contributed by atoms with Crippen LogP contribution in [0, 0.1) is 0 Å². The number of nitrogens with one attached hydrogen (secondary N) is 2. The molecule has 0 radical (unpaired) electrons. The van der Waals surface area contributed by atoms with E-state index in [1.807, 2.05) is 18.2 Å². The molecule has 1 fully saturated rings. The van der Waals surface area contributed by atoms with Gasteiger partial charge in [-0.15, -0.1) is 0 Å². The molecule has 0 saturated carbocycles. The summed E-state index contributed by atoms with van der Waals surface area (Å²) in [6.45, 7) is 0.309. The predicted molar refractivity (Wildman–Crippen MR) is 110 cm³/mol. The van der Waals surface area contributed by atoms with Gasteiger partial charge in [-0.05, 0) is 61.6 Å². The van der Waals surface area contributed by atoms with Crippen LogP contribution >= 0.6 is 0 Å². The molecular formula is C21H23N3O4S. The molecule has 7 nitrogen and oxygen atoms in total. The molecule has 2 heterocycles. The van der Waals surface area contributed by atoms with E-state index < -0.39 is 16.1 Å². The van der Waals surface area contributed by atoms with Gasteiger partial charge >= 0.3 is 0 Å². The zero-order valence-corrected chi connectivity index (χ0v) is 16.7. The smallest absolute Gasteiger partial charge is 0.243 e. The highest BCUT2D eigenvalue weighted by Crippen LogP contribution is 2.30. The number of carbonyl (C=O) groups excluding carboxylic acids is 2. The third-order valence-corrected chi connectivity index (χ3v) is 7.26. The highest BCUT2D eigenvalue weighted by molar-refractivity contribution is 7.89. The first-order valence-corrected chi connectivity index (χ1v) is 11.2. The lowest BCUT2D eigenvalue weighted by molar-refractivity contribution is -0.119. The highest BCUT2D eigenvalue weighted by Gasteiger charge is 2.39. The van der Waals surface area contributed by atoms with E-state index in [-0.39, 0.29) is 16.7 Å². The van der Waals surface area contributed by atoms with E-state index in [1.54, 1.807) is 24.3 Å². The average Bonchev–Trinajstić information content (AvgIpc) is 3.13. The van der Waals surface area contributed by atoms with Gasteiger partial charge in [-0.3, -0.25) is 9.59 Å². The Morgan fingerprint density at radius 2 is 1.86 bits per heavy atom. The van der Waals surface area contributed by atoms with E-state index in [0.29, 0.717) is 50.0 Å². The fourth-order valence-electron chi connectivity index (χ4n) is 3.88. The number of para-hydroxylation sites is 1. The third kappa shape index (κ3) is 4.04. The topological polar surface area (TPSA) is 95.6 Å². The summed E-state index contributed by atoms with van der Waals surface area (Å²) in [6.07, 6.45) is 2.85. The monoisotopic (exact) mass is 413 g/mol. The molecule has 2 aromatic rings. The summed E-state index contributed by atoms with van der Waals surface area (Å²) in [4.78, 5) is 24.6. The quantitative estimate of drug-likeness (QED) is 0.806. The zero-order valence-electron chi connectivity index (χ0n) is 15.9. The lowest BCUT2D eigenvalue weighted by Crippen LogP contribution is -2.43. The van der Waals surface area contributed by atoms with Crippen LogP contribution in [-0.2, 0) is 26.0 Å². The fraction of sp³-hybridized carbons (Fsp3) is 0.333. The van der Waals surface area contributed by atoms with Crippen LogP contribution in [-0.4, -0.2) is 37.1 Å². The van der Waals surface area contributed by atoms with Crippen molar-refractivity contribution in [3.05, 3.63) is 54.1 Å². The van der Waals surface area contributed by atoms with Crippen molar-refractivity contribution in [3.63, 3.8) is 0 Å². The molecule has 4 rings (SSSR count). The van der Waals surface area contributed by atoms with E-state index in [4.69, 9.17) is 0 Å². The van der Waals surface area contributed by atoms with Crippen LogP contribution in [0.5, 0.6) is 0 Å². The second-order valence-electron chi connectivity index (χ2n) is 7.35. The number of carbonyl (C=O) groups is 2. The number of sulfonamides is 1. The summed E-state index contributed by atoms with van der Waals surface area (Å²) in [6, 6.07) is 13.0. The molecule has 1 saturated heterocycles. The van der Waals surface area contributed by atoms with Gasteiger partial charge in [-0.1, -0.05) is 18.2 Å². The van der Waals surface area contributed by atoms with Crippen molar-refractivity contribution in [2.75, 3.05) is 17.2 Å². The number of fused-ring (bicyclic) bond motifs is 1. The minimum Gasteiger partial charge on any atom is -0.326 e. The molecule has 0 aromatic heterocycles. The van der Waals surface area contributed by atoms with Crippen molar-refractivity contribution in [1.82, 2.24) is 4.31 Å². The molecule has 2 N–H and O–H groups in total. The Morgan fingerprint density at radius 1 is 1.07 bits per heavy atom. The molecule has 8 heteroatoms. The van der Waals surface area contributed by atoms with Crippen LogP contribution in [0.3, 0.4) is 0 Å². The molecule has 2 aromatic carbocycles. The number of nitrogens with zero attached hydrogens (tertiary/aromatic N) is 1. The molecule has 0 aliphatic carbocycles. The summed E-state index contributed by atoms with van der Waals surface area (Å²) in [5.74, 6) is -0.379. The number of amides is 2. The summed E-state index contributed by atoms with van der Waals surface area (Å²) in [7, 11) is -3.82. The first kappa shape index (κ1) is 19.6. The van der Waals surface area contributed by atoms with Crippen molar-refractivity contribution in [3.8, 4) is 0 Å². The van der Waals surface area contributed by atoms with Gasteiger partial charge in [0.2, 0.25) is 21.8 Å². The second-order valence-corrected chi connectivity index (χ2v) is 9.24. The molecule has 1 unspecified atom stereocenters. The van der Waals surface area contributed by atoms with Gasteiger partial charge in [0.15, 0.2) is 0 Å². The largest absolute Gasteiger partial charge is 0.326 e. The molecule has 2 aliphatic rings. The number of hydrogen-bond acceptors (Lipinski definition) is 4. The van der Waals surface area contributed by atoms with E-state index >= 15 is 0 Å². The molecule has 0 spiro atoms. The Balaban J connectivity index is 1.58. The average molecular weight is 413 g/mol. The Labute approximate surface area is 170 Å². The molecule has 0 bridgehead atoms. The predicted octanol–water partition coefficient (Wildman–Crippen LogP) is 2.75. The van der Waals surface area contributed by atoms with E-state index in [2.05, 4.69) is 10.6 Å². The van der Waals surface area contributed by atoms with Crippen molar-refractivity contribution in [2.24, 2.45) is 0 Å². The SMILES string of the molecule is O=C1CCCc2cc(S(=O)(=O)N3CCCC3C(=O)Nc3ccccc3)ccc2N1. The van der Waals surface area contributed by atoms with Gasteiger partial charge in [0, 0.05) is 24.3 Å². The van der Waals surface area contributed by atoms with Gasteiger partial charge < -0.3 is 10.6 Å². The van der Waals surface area contributed by atoms with Gasteiger partial charge in [0.1, 0.15) is 6.04 Å². The van der Waals surface area contributed by atoms with Gasteiger partial charge in [0.05, 0.1) is 4.90 Å². The van der Waals surface area contributed by atoms with Crippen molar-refractivity contribution < 1.29 is 18.0 Å². The summed E-state index contributed by atoms with van der Waals surface area (Å²) >= 11 is 0. The zero-order chi connectivity index (χ0) is 20.4. The van der Waals surface area contributed by atoms with Crippen LogP contribution in [0.1, 0.15) is 31.2 Å². The van der Waals surface area contributed by atoms with Gasteiger partial charge in [0.25, 0.3) is 0 Å². The normalized spacial score (nSPS) is 19.9. The van der Waals surface area contributed by atoms with Crippen molar-refractivity contribution in [1.29, 1.82) is 0 Å². The van der Waals surface area contributed by atoms with Crippen LogP contribution in [0.2, 0.25) is 0 Å². The third-order valence-electron chi connectivity index (χ3n) is 5.36. The van der Waals surface area contributed by atoms with Crippen LogP contribution in [0.25, 0.3) is 0 Å².